The highest BCUT2D eigenvalue weighted by Crippen LogP contribution is 2.28. The molecule has 0 bridgehead atoms. The minimum absolute atomic E-state index is 0.0355. The molecule has 11 heteroatoms. The van der Waals surface area contributed by atoms with E-state index < -0.39 is 24.4 Å². The molecule has 2 atom stereocenters. The van der Waals surface area contributed by atoms with Gasteiger partial charge >= 0.3 is 0 Å². The molecule has 2 aromatic heterocycles. The van der Waals surface area contributed by atoms with E-state index in [0.29, 0.717) is 21.0 Å². The fourth-order valence-electron chi connectivity index (χ4n) is 2.69. The van der Waals surface area contributed by atoms with E-state index in [-0.39, 0.29) is 28.5 Å². The van der Waals surface area contributed by atoms with Crippen LogP contribution in [0.3, 0.4) is 0 Å². The number of alkyl halides is 2. The third-order valence-electron chi connectivity index (χ3n) is 4.04. The number of hydrogen-bond acceptors (Lipinski definition) is 6. The summed E-state index contributed by atoms with van der Waals surface area (Å²) in [6.07, 6.45) is -2.10. The third kappa shape index (κ3) is 5.23. The van der Waals surface area contributed by atoms with Crippen LogP contribution >= 0.6 is 22.9 Å². The van der Waals surface area contributed by atoms with Crippen LogP contribution in [0, 0.1) is 23.2 Å². The number of amides is 1. The fourth-order valence-corrected chi connectivity index (χ4v) is 3.77. The molecule has 0 aromatic carbocycles. The van der Waals surface area contributed by atoms with Crippen molar-refractivity contribution in [2.75, 3.05) is 11.9 Å². The molecule has 2 unspecified atom stereocenters. The number of halogens is 3. The molecule has 1 aliphatic rings. The zero-order valence-electron chi connectivity index (χ0n) is 15.5. The quantitative estimate of drug-likeness (QED) is 0.695. The van der Waals surface area contributed by atoms with Gasteiger partial charge in [0, 0.05) is 12.7 Å². The van der Waals surface area contributed by atoms with Crippen molar-refractivity contribution in [3.8, 4) is 17.9 Å². The largest absolute Gasteiger partial charge is 0.346 e. The van der Waals surface area contributed by atoms with Gasteiger partial charge in [-0.3, -0.25) is 14.9 Å². The van der Waals surface area contributed by atoms with Crippen LogP contribution in [0.15, 0.2) is 23.1 Å². The van der Waals surface area contributed by atoms with Crippen molar-refractivity contribution in [3.05, 3.63) is 49.0 Å². The van der Waals surface area contributed by atoms with E-state index in [9.17, 15) is 18.4 Å². The molecule has 1 aliphatic heterocycles. The lowest BCUT2D eigenvalue weighted by Gasteiger charge is -2.09. The number of hydrogen-bond donors (Lipinski definition) is 2. The highest BCUT2D eigenvalue weighted by molar-refractivity contribution is 7.18. The van der Waals surface area contributed by atoms with Crippen molar-refractivity contribution in [3.63, 3.8) is 0 Å². The van der Waals surface area contributed by atoms with Crippen molar-refractivity contribution in [2.24, 2.45) is 0 Å². The second-order valence-corrected chi connectivity index (χ2v) is 7.95. The van der Waals surface area contributed by atoms with Crippen molar-refractivity contribution in [1.29, 1.82) is 5.26 Å². The predicted molar refractivity (Wildman–Crippen MR) is 108 cm³/mol. The van der Waals surface area contributed by atoms with E-state index in [2.05, 4.69) is 22.5 Å². The first-order valence-corrected chi connectivity index (χ1v) is 9.90. The number of thiophene rings is 1. The van der Waals surface area contributed by atoms with Crippen LogP contribution in [0.5, 0.6) is 0 Å². The summed E-state index contributed by atoms with van der Waals surface area (Å²) in [7, 11) is 0. The predicted octanol–water partition coefficient (Wildman–Crippen LogP) is 2.64. The monoisotopic (exact) mass is 452 g/mol. The van der Waals surface area contributed by atoms with Gasteiger partial charge in [0.05, 0.1) is 22.7 Å². The van der Waals surface area contributed by atoms with Crippen LogP contribution in [0.4, 0.5) is 14.5 Å². The Morgan fingerprint density at radius 1 is 1.50 bits per heavy atom. The van der Waals surface area contributed by atoms with Gasteiger partial charge in [-0.1, -0.05) is 23.4 Å². The molecule has 0 aliphatic carbocycles. The second kappa shape index (κ2) is 9.37. The topological polar surface area (TPSA) is 96.2 Å². The zero-order chi connectivity index (χ0) is 21.8. The standard InChI is InChI=1S/C19H15ClF2N4O3S/c1-10-24-7-14(29-10)3-2-11-5-15(30-17(11)20)18(27)25-13-4-12(6-23)19(28)26(8-13)9-16(21)22/h4-5,8,10,14,16,24H,7,9H2,1H3,(H,25,27). The maximum Gasteiger partial charge on any atom is 0.268 e. The molecule has 30 heavy (non-hydrogen) atoms. The minimum Gasteiger partial charge on any atom is -0.346 e. The van der Waals surface area contributed by atoms with Crippen LogP contribution in [0.1, 0.15) is 27.7 Å². The Labute approximate surface area is 179 Å². The first kappa shape index (κ1) is 21.9. The Balaban J connectivity index is 1.79. The molecule has 1 saturated heterocycles. The lowest BCUT2D eigenvalue weighted by Crippen LogP contribution is -2.26. The highest BCUT2D eigenvalue weighted by Gasteiger charge is 2.19. The molecule has 1 fully saturated rings. The van der Waals surface area contributed by atoms with E-state index in [4.69, 9.17) is 21.6 Å². The number of carbonyl (C=O) groups is 1. The Morgan fingerprint density at radius 2 is 2.27 bits per heavy atom. The molecule has 156 valence electrons. The smallest absolute Gasteiger partial charge is 0.268 e. The number of nitriles is 1. The minimum atomic E-state index is -2.79. The van der Waals surface area contributed by atoms with Gasteiger partial charge in [-0.15, -0.1) is 11.3 Å². The van der Waals surface area contributed by atoms with Crippen LogP contribution < -0.4 is 16.2 Å². The summed E-state index contributed by atoms with van der Waals surface area (Å²) < 4.78 is 31.9. The average molecular weight is 453 g/mol. The number of pyridine rings is 1. The molecule has 3 rings (SSSR count). The van der Waals surface area contributed by atoms with E-state index in [1.54, 1.807) is 6.07 Å². The Morgan fingerprint density at radius 3 is 2.90 bits per heavy atom. The molecular weight excluding hydrogens is 438 g/mol. The molecule has 7 nitrogen and oxygen atoms in total. The molecular formula is C19H15ClF2N4O3S. The third-order valence-corrected chi connectivity index (χ3v) is 5.39. The summed E-state index contributed by atoms with van der Waals surface area (Å²) >= 11 is 7.16. The number of anilines is 1. The number of carbonyl (C=O) groups excluding carboxylic acids is 1. The lowest BCUT2D eigenvalue weighted by atomic mass is 10.2. The van der Waals surface area contributed by atoms with Crippen molar-refractivity contribution < 1.29 is 18.3 Å². The van der Waals surface area contributed by atoms with Crippen molar-refractivity contribution in [1.82, 2.24) is 9.88 Å². The summed E-state index contributed by atoms with van der Waals surface area (Å²) in [4.78, 5) is 24.7. The van der Waals surface area contributed by atoms with Crippen LogP contribution in [0.25, 0.3) is 0 Å². The number of nitrogens with one attached hydrogen (secondary N) is 2. The first-order valence-electron chi connectivity index (χ1n) is 8.70. The summed E-state index contributed by atoms with van der Waals surface area (Å²) in [6.45, 7) is 1.56. The van der Waals surface area contributed by atoms with Crippen molar-refractivity contribution >= 4 is 34.5 Å². The average Bonchev–Trinajstić information content (AvgIpc) is 3.27. The van der Waals surface area contributed by atoms with Gasteiger partial charge in [0.2, 0.25) is 0 Å². The van der Waals surface area contributed by atoms with Crippen LogP contribution in [0.2, 0.25) is 4.34 Å². The maximum atomic E-state index is 12.7. The highest BCUT2D eigenvalue weighted by atomic mass is 35.5. The van der Waals surface area contributed by atoms with Gasteiger partial charge in [0.25, 0.3) is 17.9 Å². The molecule has 0 radical (unpaired) electrons. The number of ether oxygens (including phenoxy) is 1. The molecule has 0 spiro atoms. The number of rotatable bonds is 4. The van der Waals surface area contributed by atoms with Crippen molar-refractivity contribution in [2.45, 2.75) is 32.2 Å². The lowest BCUT2D eigenvalue weighted by molar-refractivity contribution is 0.0831. The second-order valence-electron chi connectivity index (χ2n) is 6.30. The normalized spacial score (nSPS) is 18.0. The summed E-state index contributed by atoms with van der Waals surface area (Å²) in [6, 6.07) is 4.27. The van der Waals surface area contributed by atoms with Crippen LogP contribution in [-0.2, 0) is 11.3 Å². The van der Waals surface area contributed by atoms with Gasteiger partial charge in [0.15, 0.2) is 0 Å². The van der Waals surface area contributed by atoms with Gasteiger partial charge in [0.1, 0.15) is 28.3 Å². The van der Waals surface area contributed by atoms with Gasteiger partial charge in [-0.25, -0.2) is 8.78 Å². The maximum absolute atomic E-state index is 12.7. The van der Waals surface area contributed by atoms with E-state index in [1.165, 1.54) is 6.07 Å². The van der Waals surface area contributed by atoms with Gasteiger partial charge < -0.3 is 14.6 Å². The fraction of sp³-hybridized carbons (Fsp3) is 0.316. The Hall–Kier alpha value is -2.76. The van der Waals surface area contributed by atoms with Crippen LogP contribution in [-0.4, -0.2) is 35.8 Å². The van der Waals surface area contributed by atoms with Gasteiger partial charge in [-0.2, -0.15) is 5.26 Å². The molecule has 0 saturated carbocycles. The van der Waals surface area contributed by atoms with Gasteiger partial charge in [-0.05, 0) is 19.1 Å². The van der Waals surface area contributed by atoms with E-state index in [1.807, 2.05) is 6.92 Å². The SMILES string of the molecule is CC1NCC(C#Cc2cc(C(=O)Nc3cc(C#N)c(=O)n(CC(F)F)c3)sc2Cl)O1. The Kier molecular flexibility index (Phi) is 6.85. The molecule has 2 N–H and O–H groups in total. The summed E-state index contributed by atoms with van der Waals surface area (Å²) in [5, 5.41) is 14.6. The molecule has 1 amide bonds. The number of aromatic nitrogens is 1. The molecule has 3 heterocycles. The summed E-state index contributed by atoms with van der Waals surface area (Å²) in [5.74, 6) is 5.24. The summed E-state index contributed by atoms with van der Waals surface area (Å²) in [5.41, 5.74) is -0.724. The van der Waals surface area contributed by atoms with E-state index in [0.717, 1.165) is 23.6 Å². The van der Waals surface area contributed by atoms with E-state index >= 15 is 0 Å². The zero-order valence-corrected chi connectivity index (χ0v) is 17.1. The first-order chi connectivity index (χ1) is 14.3. The molecule has 2 aromatic rings. The Bertz CT molecular complexity index is 1130. The number of nitrogens with zero attached hydrogens (tertiary/aromatic N) is 2.